The maximum absolute atomic E-state index is 10.9. The van der Waals surface area contributed by atoms with Crippen molar-refractivity contribution in [3.05, 3.63) is 42.0 Å². The summed E-state index contributed by atoms with van der Waals surface area (Å²) in [4.78, 5) is 14.8. The Balaban J connectivity index is 2.32. The fraction of sp³-hybridized carbons (Fsp3) is 0.231. The molecule has 3 heteroatoms. The van der Waals surface area contributed by atoms with Crippen LogP contribution in [0.5, 0.6) is 0 Å². The van der Waals surface area contributed by atoms with Crippen molar-refractivity contribution in [3.63, 3.8) is 0 Å². The molecule has 0 saturated carbocycles. The van der Waals surface area contributed by atoms with Gasteiger partial charge in [-0.15, -0.1) is 0 Å². The maximum Gasteiger partial charge on any atom is 0.327 e. The number of aliphatic imine (C=N–C) groups is 1. The van der Waals surface area contributed by atoms with Crippen LogP contribution in [0.15, 0.2) is 41.4 Å². The molecule has 0 bridgehead atoms. The Hall–Kier alpha value is -1.90. The lowest BCUT2D eigenvalue weighted by Gasteiger charge is -1.95. The van der Waals surface area contributed by atoms with Crippen molar-refractivity contribution in [2.24, 2.45) is 4.99 Å². The van der Waals surface area contributed by atoms with Gasteiger partial charge < -0.3 is 4.74 Å². The van der Waals surface area contributed by atoms with E-state index < -0.39 is 0 Å². The van der Waals surface area contributed by atoms with Gasteiger partial charge >= 0.3 is 5.97 Å². The molecule has 0 aliphatic heterocycles. The first-order valence-electron chi connectivity index (χ1n) is 5.20. The Bertz CT molecular complexity index is 369. The molecule has 0 spiro atoms. The molecular formula is C13H15NO2. The Morgan fingerprint density at radius 2 is 2.12 bits per heavy atom. The Kier molecular flexibility index (Phi) is 5.63. The lowest BCUT2D eigenvalue weighted by molar-refractivity contribution is -0.141. The molecule has 0 radical (unpaired) electrons. The summed E-state index contributed by atoms with van der Waals surface area (Å²) in [6.07, 6.45) is 5.33. The molecule has 0 N–H and O–H groups in total. The predicted octanol–water partition coefficient (Wildman–Crippen LogP) is 2.33. The molecule has 0 unspecified atom stereocenters. The summed E-state index contributed by atoms with van der Waals surface area (Å²) in [6.45, 7) is 2.25. The average molecular weight is 217 g/mol. The fourth-order valence-corrected chi connectivity index (χ4v) is 1.11. The number of esters is 1. The molecule has 0 aliphatic carbocycles. The Labute approximate surface area is 95.5 Å². The summed E-state index contributed by atoms with van der Waals surface area (Å²) in [5.74, 6) is -0.299. The zero-order valence-corrected chi connectivity index (χ0v) is 9.30. The zero-order valence-electron chi connectivity index (χ0n) is 9.30. The van der Waals surface area contributed by atoms with Crippen LogP contribution in [-0.2, 0) is 9.53 Å². The van der Waals surface area contributed by atoms with Crippen LogP contribution in [-0.4, -0.2) is 25.3 Å². The van der Waals surface area contributed by atoms with Crippen molar-refractivity contribution < 1.29 is 9.53 Å². The van der Waals surface area contributed by atoms with Gasteiger partial charge in [0.2, 0.25) is 0 Å². The maximum atomic E-state index is 10.9. The fourth-order valence-electron chi connectivity index (χ4n) is 1.11. The van der Waals surface area contributed by atoms with E-state index in [1.165, 1.54) is 0 Å². The van der Waals surface area contributed by atoms with Crippen LogP contribution in [0.25, 0.3) is 6.08 Å². The second-order valence-corrected chi connectivity index (χ2v) is 3.06. The SMILES string of the molecule is CCOC(=O)CN=C/C=C/c1ccccc1. The van der Waals surface area contributed by atoms with Gasteiger partial charge in [-0.05, 0) is 18.6 Å². The first-order valence-corrected chi connectivity index (χ1v) is 5.20. The molecule has 0 fully saturated rings. The molecule has 84 valence electrons. The molecule has 1 aromatic rings. The van der Waals surface area contributed by atoms with Gasteiger partial charge in [-0.3, -0.25) is 9.79 Å². The van der Waals surface area contributed by atoms with Crippen LogP contribution in [0.2, 0.25) is 0 Å². The van der Waals surface area contributed by atoms with Gasteiger partial charge in [0.05, 0.1) is 6.61 Å². The molecule has 0 aromatic heterocycles. The minimum atomic E-state index is -0.299. The number of nitrogens with zero attached hydrogens (tertiary/aromatic N) is 1. The number of rotatable bonds is 5. The smallest absolute Gasteiger partial charge is 0.327 e. The van der Waals surface area contributed by atoms with Crippen molar-refractivity contribution in [1.29, 1.82) is 0 Å². The number of hydrogen-bond donors (Lipinski definition) is 0. The van der Waals surface area contributed by atoms with Gasteiger partial charge in [-0.2, -0.15) is 0 Å². The highest BCUT2D eigenvalue weighted by Gasteiger charge is 1.95. The van der Waals surface area contributed by atoms with E-state index in [4.69, 9.17) is 4.74 Å². The largest absolute Gasteiger partial charge is 0.465 e. The monoisotopic (exact) mass is 217 g/mol. The van der Waals surface area contributed by atoms with Gasteiger partial charge in [0, 0.05) is 6.21 Å². The third-order valence-electron chi connectivity index (χ3n) is 1.81. The second kappa shape index (κ2) is 7.40. The van der Waals surface area contributed by atoms with Crippen molar-refractivity contribution in [1.82, 2.24) is 0 Å². The summed E-state index contributed by atoms with van der Waals surface area (Å²) in [5, 5.41) is 0. The number of carbonyl (C=O) groups is 1. The van der Waals surface area contributed by atoms with E-state index in [0.717, 1.165) is 5.56 Å². The van der Waals surface area contributed by atoms with Crippen LogP contribution in [0, 0.1) is 0 Å². The van der Waals surface area contributed by atoms with Crippen LogP contribution >= 0.6 is 0 Å². The van der Waals surface area contributed by atoms with Gasteiger partial charge in [-0.1, -0.05) is 36.4 Å². The quantitative estimate of drug-likeness (QED) is 0.561. The molecule has 0 aliphatic rings. The standard InChI is InChI=1S/C13H15NO2/c1-2-16-13(15)11-14-10-6-9-12-7-4-3-5-8-12/h3-10H,2,11H2,1H3/b9-6+,14-10?. The summed E-state index contributed by atoms with van der Waals surface area (Å²) >= 11 is 0. The van der Waals surface area contributed by atoms with Gasteiger partial charge in [-0.25, -0.2) is 0 Å². The highest BCUT2D eigenvalue weighted by Crippen LogP contribution is 1.99. The van der Waals surface area contributed by atoms with E-state index in [0.29, 0.717) is 6.61 Å². The van der Waals surface area contributed by atoms with Crippen molar-refractivity contribution in [2.45, 2.75) is 6.92 Å². The average Bonchev–Trinajstić information content (AvgIpc) is 2.30. The second-order valence-electron chi connectivity index (χ2n) is 3.06. The van der Waals surface area contributed by atoms with E-state index in [1.54, 1.807) is 19.2 Å². The van der Waals surface area contributed by atoms with Crippen molar-refractivity contribution in [3.8, 4) is 0 Å². The highest BCUT2D eigenvalue weighted by molar-refractivity contribution is 5.81. The normalized spacial score (nSPS) is 11.1. The molecule has 1 rings (SSSR count). The molecule has 0 amide bonds. The van der Waals surface area contributed by atoms with Crippen LogP contribution in [0.4, 0.5) is 0 Å². The summed E-state index contributed by atoms with van der Waals surface area (Å²) in [7, 11) is 0. The van der Waals surface area contributed by atoms with E-state index >= 15 is 0 Å². The highest BCUT2D eigenvalue weighted by atomic mass is 16.5. The van der Waals surface area contributed by atoms with Crippen molar-refractivity contribution >= 4 is 18.3 Å². The third kappa shape index (κ3) is 5.10. The molecule has 0 saturated heterocycles. The van der Waals surface area contributed by atoms with E-state index in [-0.39, 0.29) is 12.5 Å². The lowest BCUT2D eigenvalue weighted by Crippen LogP contribution is -2.07. The van der Waals surface area contributed by atoms with Gasteiger partial charge in [0.15, 0.2) is 0 Å². The van der Waals surface area contributed by atoms with Crippen LogP contribution in [0.1, 0.15) is 12.5 Å². The first kappa shape index (κ1) is 12.2. The molecule has 0 atom stereocenters. The topological polar surface area (TPSA) is 38.7 Å². The van der Waals surface area contributed by atoms with Gasteiger partial charge in [0.25, 0.3) is 0 Å². The number of carbonyl (C=O) groups excluding carboxylic acids is 1. The minimum absolute atomic E-state index is 0.0764. The zero-order chi connectivity index (χ0) is 11.6. The molecule has 0 heterocycles. The van der Waals surface area contributed by atoms with E-state index in [1.807, 2.05) is 36.4 Å². The molecule has 1 aromatic carbocycles. The van der Waals surface area contributed by atoms with Crippen molar-refractivity contribution in [2.75, 3.05) is 13.2 Å². The van der Waals surface area contributed by atoms with E-state index in [9.17, 15) is 4.79 Å². The van der Waals surface area contributed by atoms with Crippen LogP contribution in [0.3, 0.4) is 0 Å². The Morgan fingerprint density at radius 1 is 1.38 bits per heavy atom. The van der Waals surface area contributed by atoms with Gasteiger partial charge in [0.1, 0.15) is 6.54 Å². The Morgan fingerprint density at radius 3 is 2.81 bits per heavy atom. The van der Waals surface area contributed by atoms with E-state index in [2.05, 4.69) is 4.99 Å². The number of allylic oxidation sites excluding steroid dienone is 1. The lowest BCUT2D eigenvalue weighted by atomic mass is 10.2. The molecule has 3 nitrogen and oxygen atoms in total. The number of benzene rings is 1. The summed E-state index contributed by atoms with van der Waals surface area (Å²) < 4.78 is 4.73. The minimum Gasteiger partial charge on any atom is -0.465 e. The van der Waals surface area contributed by atoms with Crippen LogP contribution < -0.4 is 0 Å². The summed E-state index contributed by atoms with van der Waals surface area (Å²) in [6, 6.07) is 9.89. The molecule has 16 heavy (non-hydrogen) atoms. The first-order chi connectivity index (χ1) is 7.83. The predicted molar refractivity (Wildman–Crippen MR) is 65.5 cm³/mol. The molecular weight excluding hydrogens is 202 g/mol. The number of ether oxygens (including phenoxy) is 1. The third-order valence-corrected chi connectivity index (χ3v) is 1.81. The number of hydrogen-bond acceptors (Lipinski definition) is 3. The summed E-state index contributed by atoms with van der Waals surface area (Å²) in [5.41, 5.74) is 1.10.